The van der Waals surface area contributed by atoms with Crippen molar-refractivity contribution in [3.8, 4) is 0 Å². The molecule has 2 aromatic rings. The topological polar surface area (TPSA) is 94.3 Å². The molecular weight excluding hydrogens is 354 g/mol. The zero-order chi connectivity index (χ0) is 17.0. The SMILES string of the molecule is CCOC(=O)c1c(N)sc(C(=O)NC)c1CSc1nc(C)cs1. The minimum atomic E-state index is -0.498. The summed E-state index contributed by atoms with van der Waals surface area (Å²) in [5.74, 6) is -0.331. The Morgan fingerprint density at radius 1 is 1.48 bits per heavy atom. The number of rotatable bonds is 6. The number of aryl methyl sites for hydroxylation is 1. The predicted molar refractivity (Wildman–Crippen MR) is 94.5 cm³/mol. The Morgan fingerprint density at radius 3 is 2.78 bits per heavy atom. The molecule has 0 aromatic carbocycles. The van der Waals surface area contributed by atoms with Crippen LogP contribution in [-0.4, -0.2) is 30.5 Å². The lowest BCUT2D eigenvalue weighted by Crippen LogP contribution is -2.18. The number of nitrogens with one attached hydrogen (secondary N) is 1. The van der Waals surface area contributed by atoms with Gasteiger partial charge in [-0.3, -0.25) is 4.79 Å². The van der Waals surface area contributed by atoms with Crippen LogP contribution in [-0.2, 0) is 10.5 Å². The van der Waals surface area contributed by atoms with Crippen molar-refractivity contribution >= 4 is 51.3 Å². The summed E-state index contributed by atoms with van der Waals surface area (Å²) in [5.41, 5.74) is 7.79. The van der Waals surface area contributed by atoms with Crippen LogP contribution in [0.2, 0.25) is 0 Å². The predicted octanol–water partition coefficient (Wildman–Crippen LogP) is 2.92. The Morgan fingerprint density at radius 2 is 2.22 bits per heavy atom. The second kappa shape index (κ2) is 7.80. The largest absolute Gasteiger partial charge is 0.462 e. The van der Waals surface area contributed by atoms with E-state index in [9.17, 15) is 9.59 Å². The molecule has 0 aliphatic rings. The smallest absolute Gasteiger partial charge is 0.341 e. The Hall–Kier alpha value is -1.58. The molecule has 6 nitrogen and oxygen atoms in total. The lowest BCUT2D eigenvalue weighted by atomic mass is 10.1. The van der Waals surface area contributed by atoms with Gasteiger partial charge in [-0.15, -0.1) is 22.7 Å². The molecule has 0 saturated carbocycles. The van der Waals surface area contributed by atoms with Crippen LogP contribution in [0.3, 0.4) is 0 Å². The average Bonchev–Trinajstić information content (AvgIpc) is 3.07. The van der Waals surface area contributed by atoms with Crippen molar-refractivity contribution in [1.82, 2.24) is 10.3 Å². The van der Waals surface area contributed by atoms with Gasteiger partial charge in [0.25, 0.3) is 5.91 Å². The molecule has 124 valence electrons. The molecule has 3 N–H and O–H groups in total. The van der Waals surface area contributed by atoms with E-state index in [1.54, 1.807) is 14.0 Å². The highest BCUT2D eigenvalue weighted by Gasteiger charge is 2.26. The van der Waals surface area contributed by atoms with Gasteiger partial charge in [0.2, 0.25) is 0 Å². The summed E-state index contributed by atoms with van der Waals surface area (Å²) in [7, 11) is 1.55. The van der Waals surface area contributed by atoms with Gasteiger partial charge in [0.15, 0.2) is 0 Å². The summed E-state index contributed by atoms with van der Waals surface area (Å²) in [4.78, 5) is 29.1. The van der Waals surface area contributed by atoms with Gasteiger partial charge in [0.1, 0.15) is 9.34 Å². The fraction of sp³-hybridized carbons (Fsp3) is 0.357. The average molecular weight is 372 g/mol. The number of aromatic nitrogens is 1. The number of thiophene rings is 1. The van der Waals surface area contributed by atoms with Crippen molar-refractivity contribution in [3.05, 3.63) is 27.1 Å². The first-order valence-electron chi connectivity index (χ1n) is 6.83. The number of nitrogen functional groups attached to an aromatic ring is 1. The first kappa shape index (κ1) is 17.8. The molecule has 2 heterocycles. The van der Waals surface area contributed by atoms with Crippen molar-refractivity contribution in [2.24, 2.45) is 0 Å². The summed E-state index contributed by atoms with van der Waals surface area (Å²) in [6, 6.07) is 0. The van der Waals surface area contributed by atoms with Crippen LogP contribution >= 0.6 is 34.4 Å². The standard InChI is InChI=1S/C14H17N3O3S3/c1-4-20-13(19)9-8(6-22-14-17-7(2)5-21-14)10(12(18)16-3)23-11(9)15/h5H,4,6,15H2,1-3H3,(H,16,18). The lowest BCUT2D eigenvalue weighted by molar-refractivity contribution is 0.0527. The fourth-order valence-electron chi connectivity index (χ4n) is 1.88. The van der Waals surface area contributed by atoms with Crippen LogP contribution in [0.25, 0.3) is 0 Å². The van der Waals surface area contributed by atoms with Crippen molar-refractivity contribution in [2.75, 3.05) is 19.4 Å². The molecule has 0 bridgehead atoms. The van der Waals surface area contributed by atoms with Gasteiger partial charge >= 0.3 is 5.97 Å². The Kier molecular flexibility index (Phi) is 6.03. The zero-order valence-electron chi connectivity index (χ0n) is 13.0. The third-order valence-corrected chi connectivity index (χ3v) is 6.11. The number of hydrogen-bond donors (Lipinski definition) is 2. The van der Waals surface area contributed by atoms with E-state index in [1.807, 2.05) is 12.3 Å². The number of nitrogens with two attached hydrogens (primary N) is 1. The van der Waals surface area contributed by atoms with Gasteiger partial charge in [-0.25, -0.2) is 9.78 Å². The van der Waals surface area contributed by atoms with Gasteiger partial charge in [0.05, 0.1) is 17.0 Å². The third kappa shape index (κ3) is 4.04. The highest BCUT2D eigenvalue weighted by molar-refractivity contribution is 8.00. The monoisotopic (exact) mass is 371 g/mol. The summed E-state index contributed by atoms with van der Waals surface area (Å²) in [6.07, 6.45) is 0. The molecule has 2 aromatic heterocycles. The van der Waals surface area contributed by atoms with Gasteiger partial charge in [-0.2, -0.15) is 0 Å². The molecular formula is C14H17N3O3S3. The van der Waals surface area contributed by atoms with Crippen LogP contribution in [0.15, 0.2) is 9.72 Å². The molecule has 1 amide bonds. The molecule has 9 heteroatoms. The number of nitrogens with zero attached hydrogens (tertiary/aromatic N) is 1. The Balaban J connectivity index is 2.35. The number of esters is 1. The third-order valence-electron chi connectivity index (χ3n) is 2.89. The summed E-state index contributed by atoms with van der Waals surface area (Å²) >= 11 is 4.10. The maximum Gasteiger partial charge on any atom is 0.341 e. The highest BCUT2D eigenvalue weighted by Crippen LogP contribution is 2.36. The second-order valence-corrected chi connectivity index (χ2v) is 7.62. The van der Waals surface area contributed by atoms with Gasteiger partial charge < -0.3 is 15.8 Å². The molecule has 0 unspecified atom stereocenters. The maximum atomic E-state index is 12.2. The number of hydrogen-bond acceptors (Lipinski definition) is 8. The molecule has 0 radical (unpaired) electrons. The Labute approximate surface area is 146 Å². The van der Waals surface area contributed by atoms with E-state index in [4.69, 9.17) is 10.5 Å². The van der Waals surface area contributed by atoms with E-state index in [0.29, 0.717) is 21.2 Å². The van der Waals surface area contributed by atoms with E-state index in [0.717, 1.165) is 21.4 Å². The molecule has 0 aliphatic heterocycles. The quantitative estimate of drug-likeness (QED) is 0.599. The molecule has 23 heavy (non-hydrogen) atoms. The maximum absolute atomic E-state index is 12.2. The van der Waals surface area contributed by atoms with Gasteiger partial charge in [-0.1, -0.05) is 11.8 Å². The number of anilines is 1. The van der Waals surface area contributed by atoms with E-state index < -0.39 is 5.97 Å². The number of carbonyl (C=O) groups excluding carboxylic acids is 2. The summed E-state index contributed by atoms with van der Waals surface area (Å²) in [5, 5.41) is 4.83. The van der Waals surface area contributed by atoms with E-state index >= 15 is 0 Å². The number of amides is 1. The number of ether oxygens (including phenoxy) is 1. The Bertz CT molecular complexity index is 724. The van der Waals surface area contributed by atoms with Crippen molar-refractivity contribution in [2.45, 2.75) is 23.9 Å². The van der Waals surface area contributed by atoms with E-state index in [1.165, 1.54) is 23.1 Å². The van der Waals surface area contributed by atoms with Crippen LogP contribution in [0.5, 0.6) is 0 Å². The minimum Gasteiger partial charge on any atom is -0.462 e. The molecule has 2 rings (SSSR count). The molecule has 0 saturated heterocycles. The van der Waals surface area contributed by atoms with Crippen molar-refractivity contribution in [3.63, 3.8) is 0 Å². The first-order chi connectivity index (χ1) is 11.0. The van der Waals surface area contributed by atoms with Gasteiger partial charge in [-0.05, 0) is 13.8 Å². The van der Waals surface area contributed by atoms with E-state index in [-0.39, 0.29) is 18.1 Å². The highest BCUT2D eigenvalue weighted by atomic mass is 32.2. The number of thioether (sulfide) groups is 1. The van der Waals surface area contributed by atoms with Gasteiger partial charge in [0, 0.05) is 29.4 Å². The summed E-state index contributed by atoms with van der Waals surface area (Å²) < 4.78 is 5.95. The van der Waals surface area contributed by atoms with Crippen LogP contribution < -0.4 is 11.1 Å². The van der Waals surface area contributed by atoms with Crippen molar-refractivity contribution in [1.29, 1.82) is 0 Å². The molecule has 0 spiro atoms. The van der Waals surface area contributed by atoms with Crippen LogP contribution in [0.4, 0.5) is 5.00 Å². The molecule has 0 aliphatic carbocycles. The second-order valence-electron chi connectivity index (χ2n) is 4.49. The normalized spacial score (nSPS) is 10.6. The zero-order valence-corrected chi connectivity index (χ0v) is 15.4. The van der Waals surface area contributed by atoms with Crippen LogP contribution in [0.1, 0.15) is 38.2 Å². The molecule has 0 atom stereocenters. The van der Waals surface area contributed by atoms with Crippen LogP contribution in [0, 0.1) is 6.92 Å². The number of thiazole rings is 1. The summed E-state index contributed by atoms with van der Waals surface area (Å²) in [6.45, 7) is 3.90. The van der Waals surface area contributed by atoms with Crippen molar-refractivity contribution < 1.29 is 14.3 Å². The number of carbonyl (C=O) groups is 2. The lowest BCUT2D eigenvalue weighted by Gasteiger charge is -2.06. The van der Waals surface area contributed by atoms with E-state index in [2.05, 4.69) is 10.3 Å². The fourth-order valence-corrected chi connectivity index (χ4v) is 4.87. The molecule has 0 fully saturated rings. The first-order valence-corrected chi connectivity index (χ1v) is 9.51. The minimum absolute atomic E-state index is 0.252.